The van der Waals surface area contributed by atoms with Crippen LogP contribution in [0.15, 0.2) is 47.5 Å². The van der Waals surface area contributed by atoms with Crippen molar-refractivity contribution in [1.82, 2.24) is 14.9 Å². The van der Waals surface area contributed by atoms with Gasteiger partial charge in [-0.2, -0.15) is 0 Å². The van der Waals surface area contributed by atoms with Gasteiger partial charge in [0.05, 0.1) is 30.7 Å². The number of carbonyl (C=O) groups is 1. The van der Waals surface area contributed by atoms with Crippen LogP contribution in [0.5, 0.6) is 11.6 Å². The summed E-state index contributed by atoms with van der Waals surface area (Å²) in [5.74, 6) is 2.45. The van der Waals surface area contributed by atoms with Crippen molar-refractivity contribution in [1.29, 1.82) is 0 Å². The monoisotopic (exact) mass is 464 g/mol. The maximum absolute atomic E-state index is 11.6. The zero-order valence-electron chi connectivity index (χ0n) is 18.8. The standard InChI is InChI=1S/C25H28N4O3S/c1-31-24-5-3-19-25(28-24)21(6-10-26-19)32-15-18-8-12-29(13-9-18)11-7-17-2-4-22-20(14-17)27-23(30)16-33-22/h2-6,10,14,18H,7-9,11-13,15-16H2,1H3,(H,27,30). The zero-order valence-corrected chi connectivity index (χ0v) is 19.6. The van der Waals surface area contributed by atoms with Gasteiger partial charge < -0.3 is 19.7 Å². The molecule has 33 heavy (non-hydrogen) atoms. The Morgan fingerprint density at radius 1 is 1.18 bits per heavy atom. The summed E-state index contributed by atoms with van der Waals surface area (Å²) >= 11 is 1.61. The summed E-state index contributed by atoms with van der Waals surface area (Å²) in [6.45, 7) is 3.88. The lowest BCUT2D eigenvalue weighted by atomic mass is 9.97. The quantitative estimate of drug-likeness (QED) is 0.566. The average Bonchev–Trinajstić information content (AvgIpc) is 2.86. The first-order valence-corrected chi connectivity index (χ1v) is 12.4. The van der Waals surface area contributed by atoms with Gasteiger partial charge in [0.25, 0.3) is 0 Å². The molecule has 1 saturated heterocycles. The smallest absolute Gasteiger partial charge is 0.234 e. The van der Waals surface area contributed by atoms with Gasteiger partial charge in [0.15, 0.2) is 0 Å². The predicted molar refractivity (Wildman–Crippen MR) is 130 cm³/mol. The highest BCUT2D eigenvalue weighted by Crippen LogP contribution is 2.32. The van der Waals surface area contributed by atoms with Crippen molar-refractivity contribution in [3.05, 3.63) is 48.2 Å². The molecular formula is C25H28N4O3S. The molecule has 0 radical (unpaired) electrons. The van der Waals surface area contributed by atoms with Crippen LogP contribution < -0.4 is 14.8 Å². The van der Waals surface area contributed by atoms with Gasteiger partial charge in [-0.15, -0.1) is 11.8 Å². The van der Waals surface area contributed by atoms with E-state index in [2.05, 4.69) is 38.4 Å². The minimum absolute atomic E-state index is 0.0867. The summed E-state index contributed by atoms with van der Waals surface area (Å²) in [5.41, 5.74) is 3.78. The number of likely N-dealkylation sites (tertiary alicyclic amines) is 1. The number of ether oxygens (including phenoxy) is 2. The molecular weight excluding hydrogens is 436 g/mol. The second-order valence-electron chi connectivity index (χ2n) is 8.54. The van der Waals surface area contributed by atoms with Crippen molar-refractivity contribution in [3.63, 3.8) is 0 Å². The van der Waals surface area contributed by atoms with Crippen molar-refractivity contribution in [2.24, 2.45) is 5.92 Å². The van der Waals surface area contributed by atoms with E-state index in [1.807, 2.05) is 18.2 Å². The fraction of sp³-hybridized carbons (Fsp3) is 0.400. The van der Waals surface area contributed by atoms with Gasteiger partial charge in [-0.3, -0.25) is 9.78 Å². The van der Waals surface area contributed by atoms with Crippen LogP contribution in [0, 0.1) is 5.92 Å². The molecule has 0 atom stereocenters. The minimum Gasteiger partial charge on any atom is -0.491 e. The molecule has 0 spiro atoms. The molecule has 0 bridgehead atoms. The molecule has 172 valence electrons. The molecule has 0 unspecified atom stereocenters. The molecule has 3 aromatic rings. The number of methoxy groups -OCH3 is 1. The SMILES string of the molecule is COc1ccc2nccc(OCC3CCN(CCc4ccc5c(c4)NC(=O)CS5)CC3)c2n1. The van der Waals surface area contributed by atoms with Gasteiger partial charge in [0.1, 0.15) is 11.3 Å². The highest BCUT2D eigenvalue weighted by molar-refractivity contribution is 8.00. The summed E-state index contributed by atoms with van der Waals surface area (Å²) in [4.78, 5) is 24.2. The number of thioether (sulfide) groups is 1. The van der Waals surface area contributed by atoms with E-state index in [9.17, 15) is 4.79 Å². The Morgan fingerprint density at radius 3 is 2.91 bits per heavy atom. The number of pyridine rings is 2. The van der Waals surface area contributed by atoms with Crippen LogP contribution in [0.4, 0.5) is 5.69 Å². The Morgan fingerprint density at radius 2 is 2.06 bits per heavy atom. The third-order valence-electron chi connectivity index (χ3n) is 6.31. The number of fused-ring (bicyclic) bond motifs is 2. The van der Waals surface area contributed by atoms with Crippen molar-refractivity contribution in [3.8, 4) is 11.6 Å². The van der Waals surface area contributed by atoms with Gasteiger partial charge in [-0.25, -0.2) is 4.98 Å². The van der Waals surface area contributed by atoms with E-state index in [-0.39, 0.29) is 5.91 Å². The van der Waals surface area contributed by atoms with E-state index in [1.54, 1.807) is 25.1 Å². The first kappa shape index (κ1) is 22.0. The average molecular weight is 465 g/mol. The zero-order chi connectivity index (χ0) is 22.6. The van der Waals surface area contributed by atoms with Gasteiger partial charge in [-0.05, 0) is 62.0 Å². The van der Waals surface area contributed by atoms with Crippen LogP contribution in [0.1, 0.15) is 18.4 Å². The van der Waals surface area contributed by atoms with Crippen molar-refractivity contribution in [2.45, 2.75) is 24.2 Å². The second-order valence-corrected chi connectivity index (χ2v) is 9.56. The van der Waals surface area contributed by atoms with E-state index in [1.165, 1.54) is 5.56 Å². The minimum atomic E-state index is 0.0867. The molecule has 0 aliphatic carbocycles. The lowest BCUT2D eigenvalue weighted by Gasteiger charge is -2.32. The molecule has 2 aliphatic rings. The number of rotatable bonds is 7. The van der Waals surface area contributed by atoms with Crippen molar-refractivity contribution < 1.29 is 14.3 Å². The molecule has 2 aromatic heterocycles. The molecule has 0 saturated carbocycles. The molecule has 7 nitrogen and oxygen atoms in total. The van der Waals surface area contributed by atoms with E-state index in [4.69, 9.17) is 9.47 Å². The maximum Gasteiger partial charge on any atom is 0.234 e. The number of piperidine rings is 1. The predicted octanol–water partition coefficient (Wildman–Crippen LogP) is 4.02. The van der Waals surface area contributed by atoms with E-state index in [0.717, 1.165) is 66.3 Å². The van der Waals surface area contributed by atoms with Crippen molar-refractivity contribution >= 4 is 34.4 Å². The first-order valence-electron chi connectivity index (χ1n) is 11.4. The Hall–Kier alpha value is -2.84. The van der Waals surface area contributed by atoms with Crippen LogP contribution >= 0.6 is 11.8 Å². The summed E-state index contributed by atoms with van der Waals surface area (Å²) in [7, 11) is 1.61. The maximum atomic E-state index is 11.6. The fourth-order valence-corrected chi connectivity index (χ4v) is 5.16. The number of amides is 1. The summed E-state index contributed by atoms with van der Waals surface area (Å²) in [6, 6.07) is 12.0. The Balaban J connectivity index is 1.11. The highest BCUT2D eigenvalue weighted by atomic mass is 32.2. The van der Waals surface area contributed by atoms with Gasteiger partial charge >= 0.3 is 0 Å². The molecule has 2 aliphatic heterocycles. The topological polar surface area (TPSA) is 76.6 Å². The number of aromatic nitrogens is 2. The van der Waals surface area contributed by atoms with Crippen molar-refractivity contribution in [2.75, 3.05) is 44.4 Å². The number of carbonyl (C=O) groups excluding carboxylic acids is 1. The number of hydrogen-bond donors (Lipinski definition) is 1. The van der Waals surface area contributed by atoms with E-state index >= 15 is 0 Å². The number of nitrogens with zero attached hydrogens (tertiary/aromatic N) is 3. The molecule has 1 fully saturated rings. The second kappa shape index (κ2) is 9.97. The molecule has 8 heteroatoms. The third kappa shape index (κ3) is 5.23. The van der Waals surface area contributed by atoms with Crippen LogP contribution in [-0.4, -0.2) is 59.9 Å². The van der Waals surface area contributed by atoms with Gasteiger partial charge in [-0.1, -0.05) is 6.07 Å². The third-order valence-corrected chi connectivity index (χ3v) is 7.38. The number of hydrogen-bond acceptors (Lipinski definition) is 7. The van der Waals surface area contributed by atoms with Gasteiger partial charge in [0, 0.05) is 29.8 Å². The lowest BCUT2D eigenvalue weighted by Crippen LogP contribution is -2.36. The molecule has 1 aromatic carbocycles. The number of anilines is 1. The summed E-state index contributed by atoms with van der Waals surface area (Å²) in [5, 5.41) is 2.99. The van der Waals surface area contributed by atoms with E-state index in [0.29, 0.717) is 24.2 Å². The summed E-state index contributed by atoms with van der Waals surface area (Å²) < 4.78 is 11.4. The molecule has 5 rings (SSSR count). The van der Waals surface area contributed by atoms with Crippen LogP contribution in [0.2, 0.25) is 0 Å². The Kier molecular flexibility index (Phi) is 6.64. The van der Waals surface area contributed by atoms with Crippen LogP contribution in [0.25, 0.3) is 11.0 Å². The largest absolute Gasteiger partial charge is 0.491 e. The highest BCUT2D eigenvalue weighted by Gasteiger charge is 2.21. The van der Waals surface area contributed by atoms with Crippen LogP contribution in [-0.2, 0) is 11.2 Å². The molecule has 4 heterocycles. The van der Waals surface area contributed by atoms with Gasteiger partial charge in [0.2, 0.25) is 11.8 Å². The lowest BCUT2D eigenvalue weighted by molar-refractivity contribution is -0.113. The van der Waals surface area contributed by atoms with Crippen LogP contribution in [0.3, 0.4) is 0 Å². The summed E-state index contributed by atoms with van der Waals surface area (Å²) in [6.07, 6.45) is 5.00. The number of nitrogens with one attached hydrogen (secondary N) is 1. The normalized spacial score (nSPS) is 16.9. The molecule has 1 N–H and O–H groups in total. The fourth-order valence-electron chi connectivity index (χ4n) is 4.37. The first-order chi connectivity index (χ1) is 16.2. The van der Waals surface area contributed by atoms with E-state index < -0.39 is 0 Å². The molecule has 1 amide bonds. The Labute approximate surface area is 197 Å². The Bertz CT molecular complexity index is 1150. The number of benzene rings is 1.